The van der Waals surface area contributed by atoms with Gasteiger partial charge < -0.3 is 5.32 Å². The van der Waals surface area contributed by atoms with Crippen molar-refractivity contribution in [3.8, 4) is 0 Å². The lowest BCUT2D eigenvalue weighted by Crippen LogP contribution is -2.42. The van der Waals surface area contributed by atoms with Crippen molar-refractivity contribution in [1.82, 2.24) is 10.0 Å². The van der Waals surface area contributed by atoms with Crippen molar-refractivity contribution in [2.45, 2.75) is 43.5 Å². The van der Waals surface area contributed by atoms with Crippen molar-refractivity contribution >= 4 is 10.0 Å². The summed E-state index contributed by atoms with van der Waals surface area (Å²) in [6.07, 6.45) is 4.64. The SMILES string of the molecule is CN[C@H]1CCCC[C@H]1CNS(=O)(=O)c1ccc(C)cc1. The Morgan fingerprint density at radius 2 is 1.80 bits per heavy atom. The highest BCUT2D eigenvalue weighted by atomic mass is 32.2. The summed E-state index contributed by atoms with van der Waals surface area (Å²) in [6, 6.07) is 7.39. The Hall–Kier alpha value is -0.910. The molecule has 0 saturated heterocycles. The molecule has 2 atom stereocenters. The van der Waals surface area contributed by atoms with E-state index < -0.39 is 10.0 Å². The molecule has 2 N–H and O–H groups in total. The van der Waals surface area contributed by atoms with Crippen LogP contribution in [0.1, 0.15) is 31.2 Å². The zero-order chi connectivity index (χ0) is 14.6. The molecule has 112 valence electrons. The first-order valence-electron chi connectivity index (χ1n) is 7.26. The first kappa shape index (κ1) is 15.5. The summed E-state index contributed by atoms with van der Waals surface area (Å²) in [5.41, 5.74) is 1.06. The fourth-order valence-corrected chi connectivity index (χ4v) is 3.94. The van der Waals surface area contributed by atoms with Crippen LogP contribution in [-0.2, 0) is 10.0 Å². The molecule has 0 bridgehead atoms. The van der Waals surface area contributed by atoms with Crippen LogP contribution < -0.4 is 10.0 Å². The van der Waals surface area contributed by atoms with Gasteiger partial charge >= 0.3 is 0 Å². The average molecular weight is 296 g/mol. The molecule has 0 heterocycles. The van der Waals surface area contributed by atoms with E-state index in [4.69, 9.17) is 0 Å². The third-order valence-electron chi connectivity index (χ3n) is 4.15. The second kappa shape index (κ2) is 6.70. The third kappa shape index (κ3) is 3.81. The molecular formula is C15H24N2O2S. The lowest BCUT2D eigenvalue weighted by atomic mass is 9.85. The van der Waals surface area contributed by atoms with Crippen molar-refractivity contribution in [2.75, 3.05) is 13.6 Å². The van der Waals surface area contributed by atoms with Gasteiger partial charge in [0.1, 0.15) is 0 Å². The van der Waals surface area contributed by atoms with Crippen LogP contribution in [0.25, 0.3) is 0 Å². The molecule has 4 nitrogen and oxygen atoms in total. The second-order valence-electron chi connectivity index (χ2n) is 5.60. The molecule has 1 saturated carbocycles. The second-order valence-corrected chi connectivity index (χ2v) is 7.37. The summed E-state index contributed by atoms with van der Waals surface area (Å²) in [6.45, 7) is 2.46. The van der Waals surface area contributed by atoms with Crippen molar-refractivity contribution in [3.05, 3.63) is 29.8 Å². The molecule has 1 fully saturated rings. The number of rotatable bonds is 5. The molecule has 0 spiro atoms. The van der Waals surface area contributed by atoms with Gasteiger partial charge in [-0.1, -0.05) is 30.5 Å². The maximum Gasteiger partial charge on any atom is 0.240 e. The first-order valence-corrected chi connectivity index (χ1v) is 8.75. The van der Waals surface area contributed by atoms with E-state index in [1.165, 1.54) is 12.8 Å². The molecule has 2 rings (SSSR count). The van der Waals surface area contributed by atoms with E-state index in [-0.39, 0.29) is 0 Å². The topological polar surface area (TPSA) is 58.2 Å². The Bertz CT molecular complexity index is 525. The van der Waals surface area contributed by atoms with Crippen molar-refractivity contribution < 1.29 is 8.42 Å². The maximum atomic E-state index is 12.2. The Balaban J connectivity index is 1.99. The van der Waals surface area contributed by atoms with E-state index in [1.807, 2.05) is 26.1 Å². The molecular weight excluding hydrogens is 272 g/mol. The van der Waals surface area contributed by atoms with Gasteiger partial charge in [0, 0.05) is 12.6 Å². The molecule has 0 radical (unpaired) electrons. The van der Waals surface area contributed by atoms with Crippen LogP contribution in [0.3, 0.4) is 0 Å². The zero-order valence-corrected chi connectivity index (χ0v) is 13.0. The molecule has 1 aromatic rings. The van der Waals surface area contributed by atoms with Crippen molar-refractivity contribution in [2.24, 2.45) is 5.92 Å². The molecule has 1 aliphatic carbocycles. The molecule has 20 heavy (non-hydrogen) atoms. The fraction of sp³-hybridized carbons (Fsp3) is 0.600. The number of hydrogen-bond acceptors (Lipinski definition) is 3. The predicted molar refractivity (Wildman–Crippen MR) is 81.2 cm³/mol. The summed E-state index contributed by atoms with van der Waals surface area (Å²) in [5, 5.41) is 3.30. The highest BCUT2D eigenvalue weighted by molar-refractivity contribution is 7.89. The summed E-state index contributed by atoms with van der Waals surface area (Å²) in [4.78, 5) is 0.347. The van der Waals surface area contributed by atoms with Crippen LogP contribution in [0.5, 0.6) is 0 Å². The summed E-state index contributed by atoms with van der Waals surface area (Å²) < 4.78 is 27.3. The van der Waals surface area contributed by atoms with E-state index in [1.54, 1.807) is 12.1 Å². The summed E-state index contributed by atoms with van der Waals surface area (Å²) in [5.74, 6) is 0.383. The van der Waals surface area contributed by atoms with Gasteiger partial charge in [0.2, 0.25) is 10.0 Å². The Labute approximate surface area is 122 Å². The van der Waals surface area contributed by atoms with Gasteiger partial charge in [0.25, 0.3) is 0 Å². The number of nitrogens with one attached hydrogen (secondary N) is 2. The van der Waals surface area contributed by atoms with Gasteiger partial charge in [0.15, 0.2) is 0 Å². The number of hydrogen-bond donors (Lipinski definition) is 2. The van der Waals surface area contributed by atoms with Crippen molar-refractivity contribution in [3.63, 3.8) is 0 Å². The molecule has 5 heteroatoms. The zero-order valence-electron chi connectivity index (χ0n) is 12.2. The Kier molecular flexibility index (Phi) is 5.18. The van der Waals surface area contributed by atoms with Crippen LogP contribution in [0, 0.1) is 12.8 Å². The molecule has 0 unspecified atom stereocenters. The predicted octanol–water partition coefficient (Wildman–Crippen LogP) is 2.05. The van der Waals surface area contributed by atoms with Gasteiger partial charge in [-0.3, -0.25) is 0 Å². The van der Waals surface area contributed by atoms with E-state index in [0.29, 0.717) is 23.4 Å². The monoisotopic (exact) mass is 296 g/mol. The molecule has 1 aliphatic rings. The van der Waals surface area contributed by atoms with Gasteiger partial charge in [-0.25, -0.2) is 13.1 Å². The minimum Gasteiger partial charge on any atom is -0.317 e. The van der Waals surface area contributed by atoms with Gasteiger partial charge in [0.05, 0.1) is 4.90 Å². The Morgan fingerprint density at radius 3 is 2.45 bits per heavy atom. The van der Waals surface area contributed by atoms with Crippen molar-refractivity contribution in [1.29, 1.82) is 0 Å². The van der Waals surface area contributed by atoms with Gasteiger partial charge in [-0.15, -0.1) is 0 Å². The molecule has 0 amide bonds. The smallest absolute Gasteiger partial charge is 0.240 e. The largest absolute Gasteiger partial charge is 0.317 e. The first-order chi connectivity index (χ1) is 9.53. The summed E-state index contributed by atoms with van der Waals surface area (Å²) in [7, 11) is -1.43. The molecule has 0 aliphatic heterocycles. The van der Waals surface area contributed by atoms with Crippen LogP contribution in [0.2, 0.25) is 0 Å². The fourth-order valence-electron chi connectivity index (χ4n) is 2.85. The normalized spacial score (nSPS) is 23.7. The average Bonchev–Trinajstić information content (AvgIpc) is 2.46. The Morgan fingerprint density at radius 1 is 1.15 bits per heavy atom. The number of sulfonamides is 1. The minimum atomic E-state index is -3.39. The number of aryl methyl sites for hydroxylation is 1. The lowest BCUT2D eigenvalue weighted by molar-refractivity contribution is 0.275. The van der Waals surface area contributed by atoms with E-state index >= 15 is 0 Å². The maximum absolute atomic E-state index is 12.2. The van der Waals surface area contributed by atoms with Gasteiger partial charge in [-0.05, 0) is 44.9 Å². The molecule has 1 aromatic carbocycles. The van der Waals surface area contributed by atoms with E-state index in [0.717, 1.165) is 18.4 Å². The minimum absolute atomic E-state index is 0.347. The highest BCUT2D eigenvalue weighted by Gasteiger charge is 2.25. The van der Waals surface area contributed by atoms with E-state index in [9.17, 15) is 8.42 Å². The van der Waals surface area contributed by atoms with E-state index in [2.05, 4.69) is 10.0 Å². The number of benzene rings is 1. The standard InChI is InChI=1S/C15H24N2O2S/c1-12-7-9-14(10-8-12)20(18,19)17-11-13-5-3-4-6-15(13)16-2/h7-10,13,15-17H,3-6,11H2,1-2H3/t13-,15-/m0/s1. The lowest BCUT2D eigenvalue weighted by Gasteiger charge is -2.31. The van der Waals surface area contributed by atoms with Crippen LogP contribution in [0.4, 0.5) is 0 Å². The highest BCUT2D eigenvalue weighted by Crippen LogP contribution is 2.24. The summed E-state index contributed by atoms with van der Waals surface area (Å²) >= 11 is 0. The van der Waals surface area contributed by atoms with Crippen LogP contribution in [-0.4, -0.2) is 28.1 Å². The van der Waals surface area contributed by atoms with Crippen LogP contribution in [0.15, 0.2) is 29.2 Å². The molecule has 0 aromatic heterocycles. The quantitative estimate of drug-likeness (QED) is 0.874. The third-order valence-corrected chi connectivity index (χ3v) is 5.59. The van der Waals surface area contributed by atoms with Gasteiger partial charge in [-0.2, -0.15) is 0 Å². The van der Waals surface area contributed by atoms with Crippen LogP contribution >= 0.6 is 0 Å².